The number of phenolic OH excluding ortho intramolecular Hbond substituents is 1. The predicted octanol–water partition coefficient (Wildman–Crippen LogP) is 4.84. The highest BCUT2D eigenvalue weighted by Gasteiger charge is 2.16. The zero-order valence-electron chi connectivity index (χ0n) is 18.1. The number of hydrogen-bond acceptors (Lipinski definition) is 5. The van der Waals surface area contributed by atoms with Crippen LogP contribution >= 0.6 is 0 Å². The molecule has 0 saturated heterocycles. The minimum Gasteiger partial charge on any atom is -0.504 e. The second-order valence-corrected chi connectivity index (χ2v) is 7.54. The van der Waals surface area contributed by atoms with Crippen molar-refractivity contribution in [3.8, 4) is 11.5 Å². The van der Waals surface area contributed by atoms with Gasteiger partial charge in [-0.3, -0.25) is 4.79 Å². The third kappa shape index (κ3) is 6.11. The first-order chi connectivity index (χ1) is 14.2. The van der Waals surface area contributed by atoms with E-state index in [1.807, 2.05) is 18.2 Å². The third-order valence-electron chi connectivity index (χ3n) is 4.60. The van der Waals surface area contributed by atoms with Crippen molar-refractivity contribution in [2.45, 2.75) is 39.5 Å². The molecule has 1 amide bonds. The first-order valence-corrected chi connectivity index (χ1v) is 9.87. The highest BCUT2D eigenvalue weighted by molar-refractivity contribution is 5.96. The minimum atomic E-state index is -0.640. The van der Waals surface area contributed by atoms with Crippen LogP contribution in [0, 0.1) is 0 Å². The maximum atomic E-state index is 12.4. The number of aromatic hydroxyl groups is 1. The normalized spacial score (nSPS) is 11.2. The number of para-hydroxylation sites is 1. The second kappa shape index (κ2) is 10.5. The highest BCUT2D eigenvalue weighted by atomic mass is 16.5. The lowest BCUT2D eigenvalue weighted by molar-refractivity contribution is -0.142. The molecular weight excluding hydrogens is 382 g/mol. The summed E-state index contributed by atoms with van der Waals surface area (Å²) in [6, 6.07) is 10.7. The van der Waals surface area contributed by atoms with E-state index in [9.17, 15) is 14.7 Å². The molecule has 6 nitrogen and oxygen atoms in total. The van der Waals surface area contributed by atoms with E-state index in [1.165, 1.54) is 25.3 Å². The molecule has 2 aromatic carbocycles. The molecular formula is C24H29NO5. The number of ether oxygens (including phenoxy) is 2. The quantitative estimate of drug-likeness (QED) is 0.479. The summed E-state index contributed by atoms with van der Waals surface area (Å²) in [5.41, 5.74) is 3.53. The number of amides is 1. The van der Waals surface area contributed by atoms with Gasteiger partial charge in [-0.25, -0.2) is 4.79 Å². The predicted molar refractivity (Wildman–Crippen MR) is 118 cm³/mol. The first kappa shape index (κ1) is 23.0. The molecule has 2 N–H and O–H groups in total. The smallest absolute Gasteiger partial charge is 0.331 e. The highest BCUT2D eigenvalue weighted by Crippen LogP contribution is 2.32. The van der Waals surface area contributed by atoms with Crippen LogP contribution < -0.4 is 10.1 Å². The Morgan fingerprint density at radius 3 is 2.27 bits per heavy atom. The Labute approximate surface area is 177 Å². The summed E-state index contributed by atoms with van der Waals surface area (Å²) in [6.45, 7) is 7.89. The lowest BCUT2D eigenvalue weighted by atomic mass is 9.92. The minimum absolute atomic E-state index is 0.0105. The van der Waals surface area contributed by atoms with Crippen molar-refractivity contribution in [1.82, 2.24) is 0 Å². The fourth-order valence-electron chi connectivity index (χ4n) is 3.02. The molecule has 2 aromatic rings. The molecule has 0 spiro atoms. The number of benzene rings is 2. The standard InChI is InChI=1S/C24H29NO5/c1-15(2)18-7-6-8-19(16(3)4)24(18)25-22(27)14-30-23(28)12-10-17-9-11-20(26)21(13-17)29-5/h6-13,15-16,26H,14H2,1-5H3,(H,25,27). The molecule has 0 heterocycles. The Kier molecular flexibility index (Phi) is 8.04. The van der Waals surface area contributed by atoms with Gasteiger partial charge < -0.3 is 19.9 Å². The molecule has 0 fully saturated rings. The van der Waals surface area contributed by atoms with Gasteiger partial charge in [0.1, 0.15) is 0 Å². The molecule has 0 aliphatic rings. The number of nitrogens with one attached hydrogen (secondary N) is 1. The fourth-order valence-corrected chi connectivity index (χ4v) is 3.02. The van der Waals surface area contributed by atoms with E-state index in [2.05, 4.69) is 33.0 Å². The van der Waals surface area contributed by atoms with Gasteiger partial charge in [0.2, 0.25) is 0 Å². The number of esters is 1. The van der Waals surface area contributed by atoms with E-state index in [0.29, 0.717) is 11.3 Å². The Morgan fingerprint density at radius 2 is 1.70 bits per heavy atom. The molecule has 30 heavy (non-hydrogen) atoms. The monoisotopic (exact) mass is 411 g/mol. The number of carbonyl (C=O) groups is 2. The molecule has 2 rings (SSSR count). The van der Waals surface area contributed by atoms with Crippen molar-refractivity contribution in [2.75, 3.05) is 19.0 Å². The Morgan fingerprint density at radius 1 is 1.07 bits per heavy atom. The van der Waals surface area contributed by atoms with Gasteiger partial charge in [-0.2, -0.15) is 0 Å². The molecule has 0 atom stereocenters. The Balaban J connectivity index is 2.00. The SMILES string of the molecule is COc1cc(C=CC(=O)OCC(=O)Nc2c(C(C)C)cccc2C(C)C)ccc1O. The van der Waals surface area contributed by atoms with Crippen LogP contribution in [0.1, 0.15) is 56.2 Å². The van der Waals surface area contributed by atoms with Crippen molar-refractivity contribution in [1.29, 1.82) is 0 Å². The fraction of sp³-hybridized carbons (Fsp3) is 0.333. The van der Waals surface area contributed by atoms with Crippen molar-refractivity contribution >= 4 is 23.6 Å². The van der Waals surface area contributed by atoms with Crippen molar-refractivity contribution in [2.24, 2.45) is 0 Å². The van der Waals surface area contributed by atoms with Crippen LogP contribution in [0.5, 0.6) is 11.5 Å². The van der Waals surface area contributed by atoms with Crippen LogP contribution in [-0.4, -0.2) is 30.7 Å². The average molecular weight is 411 g/mol. The number of anilines is 1. The zero-order valence-corrected chi connectivity index (χ0v) is 18.1. The van der Waals surface area contributed by atoms with Gasteiger partial charge in [-0.1, -0.05) is 52.0 Å². The van der Waals surface area contributed by atoms with Crippen LogP contribution in [0.4, 0.5) is 5.69 Å². The molecule has 0 bridgehead atoms. The van der Waals surface area contributed by atoms with E-state index in [1.54, 1.807) is 12.1 Å². The van der Waals surface area contributed by atoms with Crippen LogP contribution in [0.15, 0.2) is 42.5 Å². The van der Waals surface area contributed by atoms with Crippen LogP contribution in [0.3, 0.4) is 0 Å². The maximum Gasteiger partial charge on any atom is 0.331 e. The van der Waals surface area contributed by atoms with Gasteiger partial charge in [-0.15, -0.1) is 0 Å². The zero-order chi connectivity index (χ0) is 22.3. The number of phenols is 1. The lowest BCUT2D eigenvalue weighted by Gasteiger charge is -2.20. The summed E-state index contributed by atoms with van der Waals surface area (Å²) < 4.78 is 10.1. The van der Waals surface area contributed by atoms with Gasteiger partial charge in [-0.05, 0) is 46.7 Å². The molecule has 0 radical (unpaired) electrons. The summed E-state index contributed by atoms with van der Waals surface area (Å²) in [5, 5.41) is 12.5. The van der Waals surface area contributed by atoms with E-state index in [-0.39, 0.29) is 24.2 Å². The van der Waals surface area contributed by atoms with E-state index < -0.39 is 11.9 Å². The van der Waals surface area contributed by atoms with Crippen LogP contribution in [-0.2, 0) is 14.3 Å². The Bertz CT molecular complexity index is 905. The maximum absolute atomic E-state index is 12.4. The first-order valence-electron chi connectivity index (χ1n) is 9.87. The summed E-state index contributed by atoms with van der Waals surface area (Å²) in [7, 11) is 1.44. The molecule has 160 valence electrons. The summed E-state index contributed by atoms with van der Waals surface area (Å²) >= 11 is 0. The third-order valence-corrected chi connectivity index (χ3v) is 4.60. The van der Waals surface area contributed by atoms with Crippen molar-refractivity contribution < 1.29 is 24.2 Å². The molecule has 0 aliphatic heterocycles. The second-order valence-electron chi connectivity index (χ2n) is 7.54. The van der Waals surface area contributed by atoms with Gasteiger partial charge >= 0.3 is 5.97 Å². The van der Waals surface area contributed by atoms with E-state index in [4.69, 9.17) is 9.47 Å². The number of rotatable bonds is 8. The summed E-state index contributed by atoms with van der Waals surface area (Å²) in [5.74, 6) is -0.235. The molecule has 0 unspecified atom stereocenters. The largest absolute Gasteiger partial charge is 0.504 e. The molecule has 0 saturated carbocycles. The van der Waals surface area contributed by atoms with Gasteiger partial charge in [0, 0.05) is 11.8 Å². The summed E-state index contributed by atoms with van der Waals surface area (Å²) in [4.78, 5) is 24.4. The van der Waals surface area contributed by atoms with Gasteiger partial charge in [0.15, 0.2) is 18.1 Å². The van der Waals surface area contributed by atoms with Gasteiger partial charge in [0.05, 0.1) is 7.11 Å². The number of carbonyl (C=O) groups excluding carboxylic acids is 2. The van der Waals surface area contributed by atoms with Crippen molar-refractivity contribution in [3.63, 3.8) is 0 Å². The molecule has 6 heteroatoms. The van der Waals surface area contributed by atoms with Gasteiger partial charge in [0.25, 0.3) is 5.91 Å². The number of methoxy groups -OCH3 is 1. The van der Waals surface area contributed by atoms with E-state index in [0.717, 1.165) is 16.8 Å². The molecule has 0 aromatic heterocycles. The average Bonchev–Trinajstić information content (AvgIpc) is 2.71. The molecule has 0 aliphatic carbocycles. The number of hydrogen-bond donors (Lipinski definition) is 2. The van der Waals surface area contributed by atoms with Crippen LogP contribution in [0.2, 0.25) is 0 Å². The summed E-state index contributed by atoms with van der Waals surface area (Å²) in [6.07, 6.45) is 2.74. The van der Waals surface area contributed by atoms with Crippen LogP contribution in [0.25, 0.3) is 6.08 Å². The topological polar surface area (TPSA) is 84.9 Å². The Hall–Kier alpha value is -3.28. The van der Waals surface area contributed by atoms with Crippen molar-refractivity contribution in [3.05, 3.63) is 59.2 Å². The lowest BCUT2D eigenvalue weighted by Crippen LogP contribution is -2.22. The van der Waals surface area contributed by atoms with E-state index >= 15 is 0 Å².